The van der Waals surface area contributed by atoms with Crippen LogP contribution in [0.1, 0.15) is 0 Å². The normalized spacial score (nSPS) is 6.40. The summed E-state index contributed by atoms with van der Waals surface area (Å²) in [6.07, 6.45) is 1.08. The maximum absolute atomic E-state index is 9.50. The van der Waals surface area contributed by atoms with Crippen molar-refractivity contribution in [2.24, 2.45) is 0 Å². The molecule has 28 valence electrons. The fourth-order valence-corrected chi connectivity index (χ4v) is 0. The number of hydroxylamine groups is 1. The van der Waals surface area contributed by atoms with Crippen LogP contribution in [0.2, 0.25) is 0 Å². The molecule has 0 heterocycles. The summed E-state index contributed by atoms with van der Waals surface area (Å²) in [6.45, 7) is 6.03. The molecule has 0 aliphatic rings. The summed E-state index contributed by atoms with van der Waals surface area (Å²) in [5.74, 6) is 0. The molecule has 5 heavy (non-hydrogen) atoms. The second-order valence-corrected chi connectivity index (χ2v) is 0.600. The van der Waals surface area contributed by atoms with Gasteiger partial charge in [0.1, 0.15) is 6.72 Å². The summed E-state index contributed by atoms with van der Waals surface area (Å²) in [5, 5.41) is 9.50. The molecule has 0 aliphatic carbocycles. The Bertz CT molecular complexity index is 57.9. The van der Waals surface area contributed by atoms with E-state index in [4.69, 9.17) is 0 Å². The molecule has 0 saturated heterocycles. The standard InChI is InChI=1S/C3H5NO/c1-3-4(2)5/h3H,1-2H2. The molecule has 0 amide bonds. The number of rotatable bonds is 1. The molecule has 0 bridgehead atoms. The Morgan fingerprint density at radius 2 is 2.00 bits per heavy atom. The van der Waals surface area contributed by atoms with Crippen molar-refractivity contribution in [2.75, 3.05) is 0 Å². The van der Waals surface area contributed by atoms with E-state index in [-0.39, 0.29) is 0 Å². The van der Waals surface area contributed by atoms with Gasteiger partial charge in [-0.15, -0.1) is 0 Å². The molecule has 0 spiro atoms. The Balaban J connectivity index is 3.20. The first-order valence-corrected chi connectivity index (χ1v) is 1.17. The average Bonchev–Trinajstić information content (AvgIpc) is 1.38. The van der Waals surface area contributed by atoms with Gasteiger partial charge < -0.3 is 5.21 Å². The van der Waals surface area contributed by atoms with Crippen molar-refractivity contribution >= 4 is 6.72 Å². The van der Waals surface area contributed by atoms with Gasteiger partial charge in [-0.2, -0.15) is 4.74 Å². The zero-order valence-electron chi connectivity index (χ0n) is 2.85. The fourth-order valence-electron chi connectivity index (χ4n) is 0. The van der Waals surface area contributed by atoms with E-state index in [0.717, 1.165) is 6.20 Å². The van der Waals surface area contributed by atoms with Crippen molar-refractivity contribution in [3.05, 3.63) is 18.0 Å². The largest absolute Gasteiger partial charge is 0.619 e. The molecule has 0 aromatic carbocycles. The minimum absolute atomic E-state index is 0.389. The third-order valence-corrected chi connectivity index (χ3v) is 0.204. The van der Waals surface area contributed by atoms with Gasteiger partial charge in [-0.25, -0.2) is 0 Å². The fraction of sp³-hybridized carbons (Fsp3) is 0. The van der Waals surface area contributed by atoms with Gasteiger partial charge in [-0.3, -0.25) is 0 Å². The quantitative estimate of drug-likeness (QED) is 0.189. The molecule has 0 unspecified atom stereocenters. The van der Waals surface area contributed by atoms with E-state index < -0.39 is 0 Å². The lowest BCUT2D eigenvalue weighted by Crippen LogP contribution is -1.80. The van der Waals surface area contributed by atoms with Crippen molar-refractivity contribution in [1.82, 2.24) is 0 Å². The molecular formula is C3H5NO. The highest BCUT2D eigenvalue weighted by Crippen LogP contribution is 1.55. The van der Waals surface area contributed by atoms with Gasteiger partial charge in [0.15, 0.2) is 6.20 Å². The summed E-state index contributed by atoms with van der Waals surface area (Å²) < 4.78 is 0.389. The molecule has 0 fully saturated rings. The van der Waals surface area contributed by atoms with Crippen LogP contribution < -0.4 is 0 Å². The molecule has 0 saturated carbocycles. The lowest BCUT2D eigenvalue weighted by Gasteiger charge is -1.84. The highest BCUT2D eigenvalue weighted by atomic mass is 16.5. The molecule has 0 aromatic heterocycles. The van der Waals surface area contributed by atoms with Gasteiger partial charge in [-0.05, 0) is 6.58 Å². The van der Waals surface area contributed by atoms with Gasteiger partial charge in [0.2, 0.25) is 0 Å². The first-order valence-electron chi connectivity index (χ1n) is 1.17. The SMILES string of the molecule is C=C[N+](=C)[O-]. The zero-order chi connectivity index (χ0) is 4.28. The lowest BCUT2D eigenvalue weighted by molar-refractivity contribution is -0.367. The van der Waals surface area contributed by atoms with E-state index in [2.05, 4.69) is 13.3 Å². The van der Waals surface area contributed by atoms with Crippen LogP contribution in [0.3, 0.4) is 0 Å². The third kappa shape index (κ3) is 3.21. The minimum atomic E-state index is 0.389. The molecule has 0 aliphatic heterocycles. The maximum atomic E-state index is 9.50. The molecule has 0 aromatic rings. The summed E-state index contributed by atoms with van der Waals surface area (Å²) >= 11 is 0. The Morgan fingerprint density at radius 3 is 2.00 bits per heavy atom. The van der Waals surface area contributed by atoms with E-state index in [1.165, 1.54) is 0 Å². The monoisotopic (exact) mass is 71.0 g/mol. The maximum Gasteiger partial charge on any atom is 0.172 e. The van der Waals surface area contributed by atoms with E-state index >= 15 is 0 Å². The van der Waals surface area contributed by atoms with Crippen molar-refractivity contribution in [3.63, 3.8) is 0 Å². The third-order valence-electron chi connectivity index (χ3n) is 0.204. The predicted octanol–water partition coefficient (Wildman–Crippen LogP) is 0.341. The molecule has 0 radical (unpaired) electrons. The van der Waals surface area contributed by atoms with Crippen LogP contribution in [0.5, 0.6) is 0 Å². The van der Waals surface area contributed by atoms with Crippen molar-refractivity contribution < 1.29 is 4.74 Å². The van der Waals surface area contributed by atoms with Crippen LogP contribution in [-0.2, 0) is 0 Å². The van der Waals surface area contributed by atoms with Gasteiger partial charge in [-0.1, -0.05) is 0 Å². The predicted molar refractivity (Wildman–Crippen MR) is 20.9 cm³/mol. The van der Waals surface area contributed by atoms with E-state index in [1.807, 2.05) is 0 Å². The summed E-state index contributed by atoms with van der Waals surface area (Å²) in [6, 6.07) is 0. The smallest absolute Gasteiger partial charge is 0.172 e. The zero-order valence-corrected chi connectivity index (χ0v) is 2.85. The number of nitrogens with zero attached hydrogens (tertiary/aromatic N) is 1. The Labute approximate surface area is 30.6 Å². The minimum Gasteiger partial charge on any atom is -0.619 e. The summed E-state index contributed by atoms with van der Waals surface area (Å²) in [5.41, 5.74) is 0. The summed E-state index contributed by atoms with van der Waals surface area (Å²) in [7, 11) is 0. The second-order valence-electron chi connectivity index (χ2n) is 0.600. The van der Waals surface area contributed by atoms with Crippen molar-refractivity contribution in [2.45, 2.75) is 0 Å². The molecule has 0 atom stereocenters. The van der Waals surface area contributed by atoms with E-state index in [9.17, 15) is 5.21 Å². The van der Waals surface area contributed by atoms with Crippen LogP contribution in [0.15, 0.2) is 12.8 Å². The first-order chi connectivity index (χ1) is 2.27. The van der Waals surface area contributed by atoms with Crippen LogP contribution >= 0.6 is 0 Å². The highest BCUT2D eigenvalue weighted by Gasteiger charge is 1.56. The lowest BCUT2D eigenvalue weighted by atomic mass is 11.0. The van der Waals surface area contributed by atoms with Crippen LogP contribution in [0, 0.1) is 5.21 Å². The van der Waals surface area contributed by atoms with Gasteiger partial charge in [0.25, 0.3) is 0 Å². The second kappa shape index (κ2) is 1.52. The molecule has 0 N–H and O–H groups in total. The molecular weight excluding hydrogens is 66.0 g/mol. The Morgan fingerprint density at radius 1 is 1.80 bits per heavy atom. The van der Waals surface area contributed by atoms with Crippen LogP contribution in [0.25, 0.3) is 0 Å². The Kier molecular flexibility index (Phi) is 1.28. The van der Waals surface area contributed by atoms with Gasteiger partial charge in [0.05, 0.1) is 0 Å². The van der Waals surface area contributed by atoms with Crippen LogP contribution in [0.4, 0.5) is 0 Å². The molecule has 0 rings (SSSR count). The molecule has 2 nitrogen and oxygen atoms in total. The highest BCUT2D eigenvalue weighted by molar-refractivity contribution is 5.15. The van der Waals surface area contributed by atoms with Crippen LogP contribution in [-0.4, -0.2) is 11.5 Å². The van der Waals surface area contributed by atoms with E-state index in [1.54, 1.807) is 0 Å². The Hall–Kier alpha value is -0.790. The number of hydrogen-bond acceptors (Lipinski definition) is 1. The van der Waals surface area contributed by atoms with Crippen molar-refractivity contribution in [1.29, 1.82) is 0 Å². The average molecular weight is 71.1 g/mol. The number of hydrogen-bond donors (Lipinski definition) is 0. The summed E-state index contributed by atoms with van der Waals surface area (Å²) in [4.78, 5) is 0. The molecule has 2 heteroatoms. The van der Waals surface area contributed by atoms with Gasteiger partial charge >= 0.3 is 0 Å². The van der Waals surface area contributed by atoms with Crippen molar-refractivity contribution in [3.8, 4) is 0 Å². The first kappa shape index (κ1) is 4.21. The van der Waals surface area contributed by atoms with E-state index in [0.29, 0.717) is 4.74 Å². The topological polar surface area (TPSA) is 26.1 Å². The van der Waals surface area contributed by atoms with Gasteiger partial charge in [0, 0.05) is 0 Å².